The zero-order chi connectivity index (χ0) is 18.9. The quantitative estimate of drug-likeness (QED) is 0.750. The standard InChI is InChI=1S/C21H27N3O3/c25-20(10-11-22-21(26)19-9-6-14-27-19)23-15-17-7-2-3-8-18(17)16-24-12-4-1-5-13-24/h2-3,6-9,14H,1,4-5,10-13,15-16H2,(H,22,26)(H,23,25). The Morgan fingerprint density at radius 3 is 2.48 bits per heavy atom. The number of amides is 2. The molecule has 0 spiro atoms. The van der Waals surface area contributed by atoms with Crippen LogP contribution in [0.5, 0.6) is 0 Å². The van der Waals surface area contributed by atoms with E-state index in [9.17, 15) is 9.59 Å². The minimum absolute atomic E-state index is 0.0810. The Balaban J connectivity index is 1.42. The maximum atomic E-state index is 12.1. The van der Waals surface area contributed by atoms with E-state index in [0.717, 1.165) is 25.2 Å². The van der Waals surface area contributed by atoms with Crippen molar-refractivity contribution in [1.82, 2.24) is 15.5 Å². The van der Waals surface area contributed by atoms with Gasteiger partial charge < -0.3 is 15.1 Å². The van der Waals surface area contributed by atoms with Crippen molar-refractivity contribution < 1.29 is 14.0 Å². The molecule has 2 N–H and O–H groups in total. The van der Waals surface area contributed by atoms with Crippen molar-refractivity contribution >= 4 is 11.8 Å². The number of hydrogen-bond donors (Lipinski definition) is 2. The van der Waals surface area contributed by atoms with Gasteiger partial charge in [0.2, 0.25) is 5.91 Å². The van der Waals surface area contributed by atoms with Gasteiger partial charge in [-0.05, 0) is 49.2 Å². The molecule has 0 saturated carbocycles. The molecular formula is C21H27N3O3. The summed E-state index contributed by atoms with van der Waals surface area (Å²) in [6, 6.07) is 11.5. The van der Waals surface area contributed by atoms with Crippen LogP contribution in [0.15, 0.2) is 47.1 Å². The first kappa shape index (κ1) is 19.2. The predicted octanol–water partition coefficient (Wildman–Crippen LogP) is 2.70. The molecule has 1 aliphatic rings. The summed E-state index contributed by atoms with van der Waals surface area (Å²) in [5, 5.41) is 5.63. The zero-order valence-corrected chi connectivity index (χ0v) is 15.6. The topological polar surface area (TPSA) is 74.6 Å². The minimum Gasteiger partial charge on any atom is -0.459 e. The summed E-state index contributed by atoms with van der Waals surface area (Å²) >= 11 is 0. The molecular weight excluding hydrogens is 342 g/mol. The van der Waals surface area contributed by atoms with E-state index >= 15 is 0 Å². The fraction of sp³-hybridized carbons (Fsp3) is 0.429. The van der Waals surface area contributed by atoms with Crippen LogP contribution in [0.4, 0.5) is 0 Å². The fourth-order valence-electron chi connectivity index (χ4n) is 3.31. The lowest BCUT2D eigenvalue weighted by atomic mass is 10.0. The summed E-state index contributed by atoms with van der Waals surface area (Å²) in [5.41, 5.74) is 2.42. The van der Waals surface area contributed by atoms with Crippen molar-refractivity contribution in [3.8, 4) is 0 Å². The van der Waals surface area contributed by atoms with E-state index in [1.54, 1.807) is 12.1 Å². The van der Waals surface area contributed by atoms with Gasteiger partial charge >= 0.3 is 0 Å². The van der Waals surface area contributed by atoms with Gasteiger partial charge in [0.25, 0.3) is 5.91 Å². The number of furan rings is 1. The molecule has 27 heavy (non-hydrogen) atoms. The van der Waals surface area contributed by atoms with Gasteiger partial charge in [-0.1, -0.05) is 30.7 Å². The number of hydrogen-bond acceptors (Lipinski definition) is 4. The molecule has 1 aromatic heterocycles. The summed E-state index contributed by atoms with van der Waals surface area (Å²) in [6.45, 7) is 4.02. The normalized spacial score (nSPS) is 14.7. The lowest BCUT2D eigenvalue weighted by Gasteiger charge is -2.27. The van der Waals surface area contributed by atoms with Crippen LogP contribution in [0.25, 0.3) is 0 Å². The third kappa shape index (κ3) is 5.96. The van der Waals surface area contributed by atoms with Crippen LogP contribution in [0.1, 0.15) is 47.4 Å². The largest absolute Gasteiger partial charge is 0.459 e. The van der Waals surface area contributed by atoms with Crippen molar-refractivity contribution in [3.05, 3.63) is 59.5 Å². The average Bonchev–Trinajstić information content (AvgIpc) is 3.23. The molecule has 0 aliphatic carbocycles. The Bertz CT molecular complexity index is 737. The first-order valence-electron chi connectivity index (χ1n) is 9.60. The summed E-state index contributed by atoms with van der Waals surface area (Å²) in [7, 11) is 0. The maximum absolute atomic E-state index is 12.1. The van der Waals surface area contributed by atoms with Gasteiger partial charge in [-0.2, -0.15) is 0 Å². The molecule has 1 aliphatic heterocycles. The molecule has 0 unspecified atom stereocenters. The van der Waals surface area contributed by atoms with E-state index in [1.165, 1.54) is 31.1 Å². The number of nitrogens with one attached hydrogen (secondary N) is 2. The monoisotopic (exact) mass is 369 g/mol. The molecule has 2 aromatic rings. The van der Waals surface area contributed by atoms with Crippen LogP contribution < -0.4 is 10.6 Å². The predicted molar refractivity (Wildman–Crippen MR) is 103 cm³/mol. The van der Waals surface area contributed by atoms with Gasteiger partial charge in [0.1, 0.15) is 0 Å². The summed E-state index contributed by atoms with van der Waals surface area (Å²) in [6.07, 6.45) is 5.54. The summed E-state index contributed by atoms with van der Waals surface area (Å²) < 4.78 is 5.02. The molecule has 0 atom stereocenters. The highest BCUT2D eigenvalue weighted by atomic mass is 16.3. The fourth-order valence-corrected chi connectivity index (χ4v) is 3.31. The molecule has 144 valence electrons. The SMILES string of the molecule is O=C(CCNC(=O)c1ccco1)NCc1ccccc1CN1CCCCC1. The molecule has 6 heteroatoms. The van der Waals surface area contributed by atoms with Gasteiger partial charge in [-0.3, -0.25) is 14.5 Å². The number of nitrogens with zero attached hydrogens (tertiary/aromatic N) is 1. The Labute approximate surface area is 159 Å². The number of likely N-dealkylation sites (tertiary alicyclic amines) is 1. The van der Waals surface area contributed by atoms with Crippen molar-refractivity contribution in [2.75, 3.05) is 19.6 Å². The highest BCUT2D eigenvalue weighted by Crippen LogP contribution is 2.16. The number of carbonyl (C=O) groups excluding carboxylic acids is 2. The first-order chi connectivity index (χ1) is 13.2. The van der Waals surface area contributed by atoms with Crippen molar-refractivity contribution in [2.24, 2.45) is 0 Å². The lowest BCUT2D eigenvalue weighted by molar-refractivity contribution is -0.121. The van der Waals surface area contributed by atoms with Gasteiger partial charge in [-0.25, -0.2) is 0 Å². The first-order valence-corrected chi connectivity index (χ1v) is 9.60. The van der Waals surface area contributed by atoms with E-state index in [2.05, 4.69) is 33.7 Å². The second-order valence-corrected chi connectivity index (χ2v) is 6.87. The van der Waals surface area contributed by atoms with Crippen LogP contribution >= 0.6 is 0 Å². The van der Waals surface area contributed by atoms with Crippen LogP contribution in [-0.2, 0) is 17.9 Å². The maximum Gasteiger partial charge on any atom is 0.286 e. The molecule has 1 fully saturated rings. The lowest BCUT2D eigenvalue weighted by Crippen LogP contribution is -2.31. The number of carbonyl (C=O) groups is 2. The third-order valence-electron chi connectivity index (χ3n) is 4.82. The third-order valence-corrected chi connectivity index (χ3v) is 4.82. The Kier molecular flexibility index (Phi) is 7.04. The summed E-state index contributed by atoms with van der Waals surface area (Å²) in [4.78, 5) is 26.3. The van der Waals surface area contributed by atoms with E-state index in [1.807, 2.05) is 6.07 Å². The van der Waals surface area contributed by atoms with Crippen LogP contribution in [0.2, 0.25) is 0 Å². The second kappa shape index (κ2) is 9.92. The highest BCUT2D eigenvalue weighted by molar-refractivity contribution is 5.91. The van der Waals surface area contributed by atoms with E-state index in [0.29, 0.717) is 6.54 Å². The van der Waals surface area contributed by atoms with Crippen molar-refractivity contribution in [3.63, 3.8) is 0 Å². The smallest absolute Gasteiger partial charge is 0.286 e. The molecule has 2 amide bonds. The van der Waals surface area contributed by atoms with Gasteiger partial charge in [-0.15, -0.1) is 0 Å². The second-order valence-electron chi connectivity index (χ2n) is 6.87. The molecule has 0 bridgehead atoms. The van der Waals surface area contributed by atoms with Gasteiger partial charge in [0, 0.05) is 26.1 Å². The molecule has 0 radical (unpaired) electrons. The van der Waals surface area contributed by atoms with Crippen molar-refractivity contribution in [2.45, 2.75) is 38.8 Å². The number of rotatable bonds is 8. The van der Waals surface area contributed by atoms with Crippen LogP contribution in [0, 0.1) is 0 Å². The highest BCUT2D eigenvalue weighted by Gasteiger charge is 2.13. The van der Waals surface area contributed by atoms with E-state index in [4.69, 9.17) is 4.42 Å². The molecule has 1 saturated heterocycles. The van der Waals surface area contributed by atoms with Crippen LogP contribution in [0.3, 0.4) is 0 Å². The number of benzene rings is 1. The van der Waals surface area contributed by atoms with E-state index in [-0.39, 0.29) is 30.5 Å². The molecule has 2 heterocycles. The zero-order valence-electron chi connectivity index (χ0n) is 15.6. The minimum atomic E-state index is -0.306. The van der Waals surface area contributed by atoms with Gasteiger partial charge in [0.15, 0.2) is 5.76 Å². The van der Waals surface area contributed by atoms with Crippen molar-refractivity contribution in [1.29, 1.82) is 0 Å². The average molecular weight is 369 g/mol. The summed E-state index contributed by atoms with van der Waals surface area (Å²) in [5.74, 6) is -0.135. The Morgan fingerprint density at radius 2 is 1.74 bits per heavy atom. The molecule has 6 nitrogen and oxygen atoms in total. The number of piperidine rings is 1. The van der Waals surface area contributed by atoms with Crippen LogP contribution in [-0.4, -0.2) is 36.3 Å². The molecule has 3 rings (SSSR count). The Morgan fingerprint density at radius 1 is 0.963 bits per heavy atom. The Hall–Kier alpha value is -2.60. The molecule has 1 aromatic carbocycles. The van der Waals surface area contributed by atoms with Gasteiger partial charge in [0.05, 0.1) is 6.26 Å². The van der Waals surface area contributed by atoms with E-state index < -0.39 is 0 Å².